The van der Waals surface area contributed by atoms with E-state index in [0.29, 0.717) is 25.8 Å². The minimum absolute atomic E-state index is 0.00869. The van der Waals surface area contributed by atoms with Crippen LogP contribution in [0.25, 0.3) is 12.2 Å². The molecule has 3 aliphatic rings. The molecule has 1 fully saturated rings. The maximum Gasteiger partial charge on any atom is 0.410 e. The van der Waals surface area contributed by atoms with Crippen LogP contribution in [0.1, 0.15) is 55.5 Å². The third kappa shape index (κ3) is 4.58. The van der Waals surface area contributed by atoms with Crippen molar-refractivity contribution >= 4 is 29.8 Å². The number of hydrogen-bond acceptors (Lipinski definition) is 4. The molecule has 0 radical (unpaired) electrons. The van der Waals surface area contributed by atoms with Crippen LogP contribution in [0, 0.1) is 0 Å². The molecule has 0 bridgehead atoms. The summed E-state index contributed by atoms with van der Waals surface area (Å²) >= 11 is 6.42. The predicted octanol–water partition coefficient (Wildman–Crippen LogP) is 3.55. The standard InChI is InChI=1S/C27H34ClN3O3/c1-3-33-27(32)31-15-12-22-23-17-19(28)8-11-24(23)29-25(22)26(31)18-6-9-21(10-7-18)34-16-13-20-5-4-14-30(20)2/h6-7,9-11,17,19-20,26,29H,3-5,8,12-16H2,1-2H3. The lowest BCUT2D eigenvalue weighted by Gasteiger charge is -2.35. The highest BCUT2D eigenvalue weighted by atomic mass is 35.5. The van der Waals surface area contributed by atoms with E-state index in [1.807, 2.05) is 24.0 Å². The molecule has 3 atom stereocenters. The highest BCUT2D eigenvalue weighted by molar-refractivity contribution is 6.24. The van der Waals surface area contributed by atoms with Crippen LogP contribution in [0.15, 0.2) is 24.3 Å². The fourth-order valence-corrected chi connectivity index (χ4v) is 5.81. The number of ether oxygens (including phenoxy) is 2. The SMILES string of the molecule is CCOC(=O)N1CCc2c([nH]c3c2=CC(Cl)CC=3)C1c1ccc(OCCC2CCCN2C)cc1. The molecule has 1 N–H and O–H groups in total. The van der Waals surface area contributed by atoms with Gasteiger partial charge in [0, 0.05) is 28.8 Å². The first-order valence-electron chi connectivity index (χ1n) is 12.5. The number of amides is 1. The monoisotopic (exact) mass is 483 g/mol. The lowest BCUT2D eigenvalue weighted by molar-refractivity contribution is 0.0930. The van der Waals surface area contributed by atoms with Crippen LogP contribution >= 0.6 is 11.6 Å². The first-order chi connectivity index (χ1) is 16.5. The van der Waals surface area contributed by atoms with Gasteiger partial charge in [0.05, 0.1) is 18.6 Å². The number of benzene rings is 1. The zero-order valence-electron chi connectivity index (χ0n) is 20.1. The average molecular weight is 484 g/mol. The Hall–Kier alpha value is -2.44. The van der Waals surface area contributed by atoms with Gasteiger partial charge in [-0.25, -0.2) is 4.79 Å². The molecule has 6 nitrogen and oxygen atoms in total. The second-order valence-corrected chi connectivity index (χ2v) is 10.1. The predicted molar refractivity (Wildman–Crippen MR) is 135 cm³/mol. The van der Waals surface area contributed by atoms with Crippen LogP contribution in [-0.4, -0.2) is 65.6 Å². The Bertz CT molecular complexity index is 1140. The number of nitrogens with one attached hydrogen (secondary N) is 1. The van der Waals surface area contributed by atoms with E-state index >= 15 is 0 Å². The molecule has 2 aliphatic heterocycles. The third-order valence-corrected chi connectivity index (χ3v) is 7.69. The van der Waals surface area contributed by atoms with Crippen molar-refractivity contribution in [1.82, 2.24) is 14.8 Å². The van der Waals surface area contributed by atoms with E-state index < -0.39 is 0 Å². The van der Waals surface area contributed by atoms with E-state index in [-0.39, 0.29) is 17.5 Å². The van der Waals surface area contributed by atoms with E-state index in [9.17, 15) is 4.79 Å². The van der Waals surface area contributed by atoms with Crippen LogP contribution in [0.3, 0.4) is 0 Å². The number of likely N-dealkylation sites (tertiary alicyclic amines) is 1. The number of nitrogens with zero attached hydrogens (tertiary/aromatic N) is 2. The number of rotatable bonds is 6. The van der Waals surface area contributed by atoms with Gasteiger partial charge in [-0.2, -0.15) is 0 Å². The topological polar surface area (TPSA) is 57.8 Å². The van der Waals surface area contributed by atoms with E-state index in [1.54, 1.807) is 0 Å². The lowest BCUT2D eigenvalue weighted by atomic mass is 9.92. The minimum atomic E-state index is -0.282. The van der Waals surface area contributed by atoms with E-state index in [0.717, 1.165) is 41.6 Å². The molecule has 3 heterocycles. The molecule has 182 valence electrons. The summed E-state index contributed by atoms with van der Waals surface area (Å²) in [4.78, 5) is 20.7. The van der Waals surface area contributed by atoms with Crippen molar-refractivity contribution in [3.63, 3.8) is 0 Å². The minimum Gasteiger partial charge on any atom is -0.494 e. The van der Waals surface area contributed by atoms with Gasteiger partial charge in [0.2, 0.25) is 0 Å². The Morgan fingerprint density at radius 2 is 2.06 bits per heavy atom. The normalized spacial score (nSPS) is 24.1. The van der Waals surface area contributed by atoms with Crippen LogP contribution < -0.4 is 15.3 Å². The summed E-state index contributed by atoms with van der Waals surface area (Å²) in [6.07, 6.45) is 9.19. The van der Waals surface area contributed by atoms with E-state index in [2.05, 4.69) is 41.2 Å². The van der Waals surface area contributed by atoms with Gasteiger partial charge in [0.25, 0.3) is 0 Å². The highest BCUT2D eigenvalue weighted by Gasteiger charge is 2.35. The Morgan fingerprint density at radius 1 is 1.24 bits per heavy atom. The summed E-state index contributed by atoms with van der Waals surface area (Å²) < 4.78 is 11.5. The summed E-state index contributed by atoms with van der Waals surface area (Å²) in [5, 5.41) is 2.30. The Kier molecular flexibility index (Phi) is 6.89. The molecule has 34 heavy (non-hydrogen) atoms. The Labute approximate surface area is 206 Å². The molecule has 0 saturated carbocycles. The van der Waals surface area contributed by atoms with Crippen molar-refractivity contribution < 1.29 is 14.3 Å². The van der Waals surface area contributed by atoms with Crippen molar-refractivity contribution in [2.75, 3.05) is 33.4 Å². The van der Waals surface area contributed by atoms with Gasteiger partial charge in [-0.05, 0) is 75.9 Å². The Morgan fingerprint density at radius 3 is 2.79 bits per heavy atom. The highest BCUT2D eigenvalue weighted by Crippen LogP contribution is 2.34. The second kappa shape index (κ2) is 10.0. The van der Waals surface area contributed by atoms with Crippen molar-refractivity contribution in [1.29, 1.82) is 0 Å². The number of hydrogen-bond donors (Lipinski definition) is 1. The van der Waals surface area contributed by atoms with Crippen molar-refractivity contribution in [3.05, 3.63) is 51.7 Å². The molecule has 1 aromatic heterocycles. The van der Waals surface area contributed by atoms with Crippen LogP contribution in [0.4, 0.5) is 4.79 Å². The molecule has 1 saturated heterocycles. The third-order valence-electron chi connectivity index (χ3n) is 7.38. The molecule has 3 unspecified atom stereocenters. The zero-order chi connectivity index (χ0) is 23.7. The summed E-state index contributed by atoms with van der Waals surface area (Å²) in [6.45, 7) is 4.70. The first kappa shape index (κ1) is 23.3. The van der Waals surface area contributed by atoms with Crippen molar-refractivity contribution in [3.8, 4) is 5.75 Å². The summed E-state index contributed by atoms with van der Waals surface area (Å²) in [7, 11) is 2.20. The number of aromatic nitrogens is 1. The summed E-state index contributed by atoms with van der Waals surface area (Å²) in [5.41, 5.74) is 3.35. The van der Waals surface area contributed by atoms with Gasteiger partial charge in [-0.3, -0.25) is 4.90 Å². The van der Waals surface area contributed by atoms with E-state index in [1.165, 1.54) is 30.2 Å². The van der Waals surface area contributed by atoms with Crippen molar-refractivity contribution in [2.24, 2.45) is 0 Å². The number of carbonyl (C=O) groups is 1. The van der Waals surface area contributed by atoms with Crippen LogP contribution in [0.2, 0.25) is 0 Å². The van der Waals surface area contributed by atoms with Crippen LogP contribution in [-0.2, 0) is 11.2 Å². The molecule has 2 aromatic rings. The molecule has 0 spiro atoms. The summed E-state index contributed by atoms with van der Waals surface area (Å²) in [5.74, 6) is 0.862. The number of H-pyrrole nitrogens is 1. The van der Waals surface area contributed by atoms with Gasteiger partial charge >= 0.3 is 6.09 Å². The molecule has 1 aliphatic carbocycles. The molecule has 5 rings (SSSR count). The molecular formula is C27H34ClN3O3. The number of fused-ring (bicyclic) bond motifs is 3. The lowest BCUT2D eigenvalue weighted by Crippen LogP contribution is -2.42. The first-order valence-corrected chi connectivity index (χ1v) is 12.9. The smallest absolute Gasteiger partial charge is 0.410 e. The van der Waals surface area contributed by atoms with E-state index in [4.69, 9.17) is 21.1 Å². The molecule has 1 aromatic carbocycles. The maximum absolute atomic E-state index is 12.9. The Balaban J connectivity index is 1.40. The van der Waals surface area contributed by atoms with Gasteiger partial charge in [-0.1, -0.05) is 24.3 Å². The van der Waals surface area contributed by atoms with Gasteiger partial charge in [0.15, 0.2) is 0 Å². The van der Waals surface area contributed by atoms with Gasteiger partial charge < -0.3 is 19.4 Å². The number of halogens is 1. The summed E-state index contributed by atoms with van der Waals surface area (Å²) in [6, 6.07) is 8.56. The maximum atomic E-state index is 12.9. The fourth-order valence-electron chi connectivity index (χ4n) is 5.60. The fraction of sp³-hybridized carbons (Fsp3) is 0.519. The molecule has 1 amide bonds. The quantitative estimate of drug-likeness (QED) is 0.638. The number of aromatic amines is 1. The molecular weight excluding hydrogens is 450 g/mol. The number of carbonyl (C=O) groups excluding carboxylic acids is 1. The molecule has 7 heteroatoms. The average Bonchev–Trinajstić information content (AvgIpc) is 3.42. The largest absolute Gasteiger partial charge is 0.494 e. The second-order valence-electron chi connectivity index (χ2n) is 9.49. The van der Waals surface area contributed by atoms with Gasteiger partial charge in [0.1, 0.15) is 11.8 Å². The van der Waals surface area contributed by atoms with Crippen molar-refractivity contribution in [2.45, 2.75) is 56.5 Å². The number of alkyl halides is 1. The van der Waals surface area contributed by atoms with Gasteiger partial charge in [-0.15, -0.1) is 11.6 Å². The zero-order valence-corrected chi connectivity index (χ0v) is 20.8. The van der Waals surface area contributed by atoms with Crippen LogP contribution in [0.5, 0.6) is 5.75 Å².